The Morgan fingerprint density at radius 2 is 1.72 bits per heavy atom. The van der Waals surface area contributed by atoms with Gasteiger partial charge in [-0.05, 0) is 22.6 Å². The van der Waals surface area contributed by atoms with Crippen LogP contribution in [0, 0.1) is 13.7 Å². The molecule has 0 aliphatic carbocycles. The van der Waals surface area contributed by atoms with Crippen molar-refractivity contribution in [3.05, 3.63) is 31.4 Å². The van der Waals surface area contributed by atoms with E-state index in [9.17, 15) is 32.1 Å². The van der Waals surface area contributed by atoms with Crippen molar-refractivity contribution >= 4 is 34.0 Å². The van der Waals surface area contributed by atoms with Gasteiger partial charge in [0.05, 0.1) is 16.2 Å². The van der Waals surface area contributed by atoms with Crippen molar-refractivity contribution < 1.29 is 26.9 Å². The molecular formula is C8H4F5IN2O2. The molecule has 2 N–H and O–H groups in total. The van der Waals surface area contributed by atoms with Crippen LogP contribution < -0.4 is 5.73 Å². The average molecular weight is 382 g/mol. The van der Waals surface area contributed by atoms with E-state index >= 15 is 0 Å². The van der Waals surface area contributed by atoms with Crippen LogP contribution in [-0.4, -0.2) is 11.1 Å². The second kappa shape index (κ2) is 4.48. The number of nitro benzene ring substituents is 1. The summed E-state index contributed by atoms with van der Waals surface area (Å²) in [5.74, 6) is -5.25. The molecule has 0 radical (unpaired) electrons. The fraction of sp³-hybridized carbons (Fsp3) is 0.250. The van der Waals surface area contributed by atoms with Crippen molar-refractivity contribution in [2.75, 3.05) is 5.73 Å². The molecule has 4 nitrogen and oxygen atoms in total. The molecule has 10 heteroatoms. The Bertz CT molecular complexity index is 503. The number of hydrogen-bond acceptors (Lipinski definition) is 3. The van der Waals surface area contributed by atoms with Crippen LogP contribution in [0.1, 0.15) is 5.56 Å². The highest BCUT2D eigenvalue weighted by molar-refractivity contribution is 14.1. The highest BCUT2D eigenvalue weighted by Crippen LogP contribution is 2.47. The Hall–Kier alpha value is -1.20. The first-order valence-corrected chi connectivity index (χ1v) is 5.24. The van der Waals surface area contributed by atoms with Gasteiger partial charge in [0.1, 0.15) is 0 Å². The summed E-state index contributed by atoms with van der Waals surface area (Å²) in [4.78, 5) is 9.36. The number of halogens is 6. The third-order valence-electron chi connectivity index (χ3n) is 2.02. The van der Waals surface area contributed by atoms with E-state index in [-0.39, 0.29) is 9.64 Å². The summed E-state index contributed by atoms with van der Waals surface area (Å²) < 4.78 is 62.5. The molecule has 1 aromatic carbocycles. The Labute approximate surface area is 110 Å². The van der Waals surface area contributed by atoms with Gasteiger partial charge in [0.2, 0.25) is 0 Å². The minimum absolute atomic E-state index is 0.130. The number of rotatable bonds is 2. The summed E-state index contributed by atoms with van der Waals surface area (Å²) in [6.45, 7) is 0. The van der Waals surface area contributed by atoms with Gasteiger partial charge in [0.25, 0.3) is 5.69 Å². The number of hydrogen-bond donors (Lipinski definition) is 1. The number of non-ortho nitro benzene ring substituents is 1. The molecule has 0 unspecified atom stereocenters. The molecule has 0 amide bonds. The van der Waals surface area contributed by atoms with Crippen LogP contribution in [0.3, 0.4) is 0 Å². The van der Waals surface area contributed by atoms with Crippen LogP contribution >= 0.6 is 22.6 Å². The van der Waals surface area contributed by atoms with Gasteiger partial charge in [-0.25, -0.2) is 0 Å². The molecule has 0 aliphatic rings. The number of nitrogens with two attached hydrogens (primary N) is 1. The Balaban J connectivity index is 3.54. The molecule has 18 heavy (non-hydrogen) atoms. The highest BCUT2D eigenvalue weighted by atomic mass is 127. The fourth-order valence-corrected chi connectivity index (χ4v) is 1.73. The molecule has 0 bridgehead atoms. The molecule has 100 valence electrons. The molecule has 0 fully saturated rings. The van der Waals surface area contributed by atoms with Crippen LogP contribution in [0.4, 0.5) is 33.3 Å². The summed E-state index contributed by atoms with van der Waals surface area (Å²) >= 11 is 1.35. The van der Waals surface area contributed by atoms with Gasteiger partial charge < -0.3 is 5.73 Å². The zero-order chi connectivity index (χ0) is 14.3. The second-order valence-corrected chi connectivity index (χ2v) is 4.38. The number of nitrogens with zero attached hydrogens (tertiary/aromatic N) is 1. The van der Waals surface area contributed by atoms with E-state index in [4.69, 9.17) is 5.73 Å². The van der Waals surface area contributed by atoms with Gasteiger partial charge in [0, 0.05) is 15.7 Å². The number of alkyl halides is 5. The normalized spacial score (nSPS) is 12.6. The van der Waals surface area contributed by atoms with Crippen molar-refractivity contribution in [1.29, 1.82) is 0 Å². The third kappa shape index (κ3) is 2.47. The van der Waals surface area contributed by atoms with Gasteiger partial charge in [-0.2, -0.15) is 22.0 Å². The Morgan fingerprint density at radius 3 is 2.11 bits per heavy atom. The van der Waals surface area contributed by atoms with Crippen LogP contribution in [0.15, 0.2) is 12.1 Å². The van der Waals surface area contributed by atoms with Crippen molar-refractivity contribution in [1.82, 2.24) is 0 Å². The number of nitro groups is 1. The molecule has 1 aromatic rings. The minimum Gasteiger partial charge on any atom is -0.397 e. The van der Waals surface area contributed by atoms with Crippen LogP contribution in [0.2, 0.25) is 0 Å². The molecule has 0 spiro atoms. The minimum atomic E-state index is -5.88. The number of nitrogen functional groups attached to an aromatic ring is 1. The first kappa shape index (κ1) is 14.9. The van der Waals surface area contributed by atoms with E-state index in [0.29, 0.717) is 0 Å². The molecule has 1 rings (SSSR count). The van der Waals surface area contributed by atoms with Gasteiger partial charge in [-0.1, -0.05) is 0 Å². The maximum absolute atomic E-state index is 13.1. The van der Waals surface area contributed by atoms with E-state index in [1.165, 1.54) is 22.6 Å². The number of anilines is 1. The first-order valence-electron chi connectivity index (χ1n) is 4.17. The van der Waals surface area contributed by atoms with Crippen molar-refractivity contribution in [3.63, 3.8) is 0 Å². The quantitative estimate of drug-likeness (QED) is 0.280. The lowest BCUT2D eigenvalue weighted by molar-refractivity contribution is -0.385. The lowest BCUT2D eigenvalue weighted by atomic mass is 10.1. The van der Waals surface area contributed by atoms with Crippen molar-refractivity contribution in [3.8, 4) is 0 Å². The predicted octanol–water partition coefficient (Wildman–Crippen LogP) is 3.44. The second-order valence-electron chi connectivity index (χ2n) is 3.22. The van der Waals surface area contributed by atoms with Gasteiger partial charge in [-0.15, -0.1) is 0 Å². The maximum Gasteiger partial charge on any atom is 0.458 e. The highest BCUT2D eigenvalue weighted by Gasteiger charge is 2.60. The zero-order valence-corrected chi connectivity index (χ0v) is 10.4. The summed E-state index contributed by atoms with van der Waals surface area (Å²) in [5, 5.41) is 10.4. The van der Waals surface area contributed by atoms with Crippen molar-refractivity contribution in [2.45, 2.75) is 12.1 Å². The molecule has 0 aromatic heterocycles. The third-order valence-corrected chi connectivity index (χ3v) is 2.91. The topological polar surface area (TPSA) is 69.2 Å². The van der Waals surface area contributed by atoms with E-state index in [0.717, 1.165) is 6.07 Å². The molecule has 0 saturated carbocycles. The van der Waals surface area contributed by atoms with E-state index in [1.54, 1.807) is 0 Å². The van der Waals surface area contributed by atoms with E-state index in [2.05, 4.69) is 0 Å². The van der Waals surface area contributed by atoms with Gasteiger partial charge >= 0.3 is 12.1 Å². The molecular weight excluding hydrogens is 378 g/mol. The summed E-state index contributed by atoms with van der Waals surface area (Å²) in [7, 11) is 0. The molecule has 0 atom stereocenters. The number of benzene rings is 1. The average Bonchev–Trinajstić information content (AvgIpc) is 2.19. The lowest BCUT2D eigenvalue weighted by Crippen LogP contribution is -2.34. The zero-order valence-electron chi connectivity index (χ0n) is 8.26. The standard InChI is InChI=1S/C8H4F5IN2O2/c9-7(10,8(11,12)13)4-1-3(16(17)18)2-5(14)6(4)15/h1-2H,15H2. The monoisotopic (exact) mass is 382 g/mol. The van der Waals surface area contributed by atoms with Crippen molar-refractivity contribution in [2.24, 2.45) is 0 Å². The first-order chi connectivity index (χ1) is 7.98. The SMILES string of the molecule is Nc1c(I)cc([N+](=O)[O-])cc1C(F)(F)C(F)(F)F. The summed E-state index contributed by atoms with van der Waals surface area (Å²) in [6.07, 6.45) is -5.88. The molecule has 0 saturated heterocycles. The largest absolute Gasteiger partial charge is 0.458 e. The molecule has 0 aliphatic heterocycles. The smallest absolute Gasteiger partial charge is 0.397 e. The Morgan fingerprint density at radius 1 is 1.22 bits per heavy atom. The predicted molar refractivity (Wildman–Crippen MR) is 60.2 cm³/mol. The molecule has 0 heterocycles. The van der Waals surface area contributed by atoms with Crippen LogP contribution in [0.5, 0.6) is 0 Å². The van der Waals surface area contributed by atoms with E-state index < -0.39 is 34.0 Å². The lowest BCUT2D eigenvalue weighted by Gasteiger charge is -2.21. The Kier molecular flexibility index (Phi) is 3.70. The summed E-state index contributed by atoms with van der Waals surface area (Å²) in [6, 6.07) is 0.941. The fourth-order valence-electron chi connectivity index (χ4n) is 1.12. The van der Waals surface area contributed by atoms with Gasteiger partial charge in [-0.3, -0.25) is 10.1 Å². The van der Waals surface area contributed by atoms with Gasteiger partial charge in [0.15, 0.2) is 0 Å². The van der Waals surface area contributed by atoms with E-state index in [1.807, 2.05) is 0 Å². The van der Waals surface area contributed by atoms with Crippen LogP contribution in [-0.2, 0) is 5.92 Å². The summed E-state index contributed by atoms with van der Waals surface area (Å²) in [5.41, 5.74) is 1.80. The van der Waals surface area contributed by atoms with Crippen LogP contribution in [0.25, 0.3) is 0 Å². The maximum atomic E-state index is 13.1.